The van der Waals surface area contributed by atoms with Gasteiger partial charge in [-0.2, -0.15) is 0 Å². The zero-order valence-electron chi connectivity index (χ0n) is 14.1. The van der Waals surface area contributed by atoms with Crippen molar-refractivity contribution in [1.82, 2.24) is 5.32 Å². The minimum absolute atomic E-state index is 0.167. The minimum atomic E-state index is -0.366. The summed E-state index contributed by atoms with van der Waals surface area (Å²) in [5.41, 5.74) is 1.11. The molecule has 0 bridgehead atoms. The summed E-state index contributed by atoms with van der Waals surface area (Å²) < 4.78 is 5.62. The molecule has 0 spiro atoms. The second kappa shape index (κ2) is 8.87. The van der Waals surface area contributed by atoms with E-state index in [-0.39, 0.29) is 24.0 Å². The van der Waals surface area contributed by atoms with Gasteiger partial charge < -0.3 is 10.1 Å². The molecule has 2 aromatic rings. The van der Waals surface area contributed by atoms with E-state index in [4.69, 9.17) is 4.74 Å². The second-order valence-corrected chi connectivity index (χ2v) is 5.73. The van der Waals surface area contributed by atoms with Gasteiger partial charge in [-0.25, -0.2) is 4.79 Å². The van der Waals surface area contributed by atoms with Crippen LogP contribution in [0.25, 0.3) is 0 Å². The van der Waals surface area contributed by atoms with Gasteiger partial charge in [0.15, 0.2) is 0 Å². The van der Waals surface area contributed by atoms with Crippen molar-refractivity contribution in [3.63, 3.8) is 0 Å². The van der Waals surface area contributed by atoms with Crippen molar-refractivity contribution < 1.29 is 14.3 Å². The summed E-state index contributed by atoms with van der Waals surface area (Å²) in [6.07, 6.45) is 1.18. The summed E-state index contributed by atoms with van der Waals surface area (Å²) in [5.74, 6) is -0.533. The van der Waals surface area contributed by atoms with Crippen LogP contribution in [0.2, 0.25) is 0 Å². The average molecular weight is 325 g/mol. The van der Waals surface area contributed by atoms with Gasteiger partial charge in [-0.1, -0.05) is 49.7 Å². The first-order valence-corrected chi connectivity index (χ1v) is 8.23. The van der Waals surface area contributed by atoms with Crippen molar-refractivity contribution in [3.05, 3.63) is 71.8 Å². The predicted molar refractivity (Wildman–Crippen MR) is 93.9 cm³/mol. The highest BCUT2D eigenvalue weighted by molar-refractivity contribution is 5.94. The lowest BCUT2D eigenvalue weighted by molar-refractivity contribution is 0.0190. The summed E-state index contributed by atoms with van der Waals surface area (Å²) in [5, 5.41) is 2.92. The van der Waals surface area contributed by atoms with Crippen molar-refractivity contribution in [1.29, 1.82) is 0 Å². The Labute approximate surface area is 142 Å². The second-order valence-electron chi connectivity index (χ2n) is 5.73. The van der Waals surface area contributed by atoms with E-state index in [1.807, 2.05) is 38.1 Å². The molecule has 1 N–H and O–H groups in total. The highest BCUT2D eigenvalue weighted by Crippen LogP contribution is 2.12. The fourth-order valence-corrected chi connectivity index (χ4v) is 2.45. The van der Waals surface area contributed by atoms with E-state index in [2.05, 4.69) is 5.32 Å². The first kappa shape index (κ1) is 17.7. The standard InChI is InChI=1S/C20H23NO3/c1-3-10-18(24-20(23)17-13-8-5-9-14-17)15(2)21-19(22)16-11-6-4-7-12-16/h4-9,11-15,18H,3,10H2,1-2H3,(H,21,22)/t15-,18-/m0/s1. The van der Waals surface area contributed by atoms with Crippen LogP contribution >= 0.6 is 0 Å². The molecule has 4 nitrogen and oxygen atoms in total. The first-order valence-electron chi connectivity index (χ1n) is 8.23. The van der Waals surface area contributed by atoms with Crippen LogP contribution in [0.5, 0.6) is 0 Å². The monoisotopic (exact) mass is 325 g/mol. The van der Waals surface area contributed by atoms with Gasteiger partial charge in [-0.05, 0) is 37.6 Å². The fourth-order valence-electron chi connectivity index (χ4n) is 2.45. The maximum absolute atomic E-state index is 12.3. The minimum Gasteiger partial charge on any atom is -0.457 e. The molecule has 0 radical (unpaired) electrons. The zero-order chi connectivity index (χ0) is 17.4. The summed E-state index contributed by atoms with van der Waals surface area (Å²) >= 11 is 0. The third-order valence-electron chi connectivity index (χ3n) is 3.79. The molecule has 24 heavy (non-hydrogen) atoms. The van der Waals surface area contributed by atoms with Gasteiger partial charge in [0.1, 0.15) is 6.10 Å². The number of benzene rings is 2. The Bertz CT molecular complexity index is 655. The van der Waals surface area contributed by atoms with E-state index in [1.165, 1.54) is 0 Å². The van der Waals surface area contributed by atoms with Gasteiger partial charge in [0, 0.05) is 5.56 Å². The van der Waals surface area contributed by atoms with Crippen molar-refractivity contribution in [2.45, 2.75) is 38.8 Å². The van der Waals surface area contributed by atoms with Crippen LogP contribution in [-0.2, 0) is 4.74 Å². The molecule has 0 saturated carbocycles. The third kappa shape index (κ3) is 4.95. The molecule has 0 saturated heterocycles. The Kier molecular flexibility index (Phi) is 6.55. The van der Waals surface area contributed by atoms with Gasteiger partial charge in [-0.15, -0.1) is 0 Å². The topological polar surface area (TPSA) is 55.4 Å². The molecule has 0 aliphatic heterocycles. The highest BCUT2D eigenvalue weighted by atomic mass is 16.5. The zero-order valence-corrected chi connectivity index (χ0v) is 14.1. The average Bonchev–Trinajstić information content (AvgIpc) is 2.62. The van der Waals surface area contributed by atoms with Crippen LogP contribution in [0.3, 0.4) is 0 Å². The van der Waals surface area contributed by atoms with Crippen molar-refractivity contribution in [3.8, 4) is 0 Å². The fraction of sp³-hybridized carbons (Fsp3) is 0.300. The molecule has 0 heterocycles. The molecule has 2 atom stereocenters. The lowest BCUT2D eigenvalue weighted by Gasteiger charge is -2.25. The Balaban J connectivity index is 2.01. The van der Waals surface area contributed by atoms with Crippen LogP contribution in [0.4, 0.5) is 0 Å². The maximum Gasteiger partial charge on any atom is 0.338 e. The van der Waals surface area contributed by atoms with E-state index < -0.39 is 0 Å². The lowest BCUT2D eigenvalue weighted by Crippen LogP contribution is -2.43. The molecule has 0 unspecified atom stereocenters. The van der Waals surface area contributed by atoms with Crippen LogP contribution in [0, 0.1) is 0 Å². The van der Waals surface area contributed by atoms with E-state index in [0.29, 0.717) is 17.5 Å². The largest absolute Gasteiger partial charge is 0.457 e. The molecular weight excluding hydrogens is 302 g/mol. The smallest absolute Gasteiger partial charge is 0.338 e. The van der Waals surface area contributed by atoms with Gasteiger partial charge in [0.2, 0.25) is 0 Å². The van der Waals surface area contributed by atoms with Crippen molar-refractivity contribution >= 4 is 11.9 Å². The molecular formula is C20H23NO3. The summed E-state index contributed by atoms with van der Waals surface area (Å²) in [4.78, 5) is 24.5. The maximum atomic E-state index is 12.3. The molecule has 0 aromatic heterocycles. The highest BCUT2D eigenvalue weighted by Gasteiger charge is 2.23. The van der Waals surface area contributed by atoms with Crippen LogP contribution in [0.1, 0.15) is 47.4 Å². The number of esters is 1. The summed E-state index contributed by atoms with van der Waals surface area (Å²) in [6.45, 7) is 3.88. The molecule has 0 fully saturated rings. The molecule has 1 amide bonds. The van der Waals surface area contributed by atoms with Gasteiger partial charge in [-0.3, -0.25) is 4.79 Å². The van der Waals surface area contributed by atoms with Gasteiger partial charge >= 0.3 is 5.97 Å². The number of rotatable bonds is 7. The number of nitrogens with one attached hydrogen (secondary N) is 1. The molecule has 2 rings (SSSR count). The lowest BCUT2D eigenvalue weighted by atomic mass is 10.1. The van der Waals surface area contributed by atoms with E-state index in [9.17, 15) is 9.59 Å². The Morgan fingerprint density at radius 1 is 0.958 bits per heavy atom. The van der Waals surface area contributed by atoms with Gasteiger partial charge in [0.05, 0.1) is 11.6 Å². The molecule has 4 heteroatoms. The number of hydrogen-bond acceptors (Lipinski definition) is 3. The number of carbonyl (C=O) groups excluding carboxylic acids is 2. The Hall–Kier alpha value is -2.62. The number of amides is 1. The number of hydrogen-bond donors (Lipinski definition) is 1. The normalized spacial score (nSPS) is 12.9. The van der Waals surface area contributed by atoms with Crippen molar-refractivity contribution in [2.24, 2.45) is 0 Å². The van der Waals surface area contributed by atoms with E-state index in [1.54, 1.807) is 36.4 Å². The SMILES string of the molecule is CCC[C@H](OC(=O)c1ccccc1)[C@H](C)NC(=O)c1ccccc1. The Morgan fingerprint density at radius 2 is 1.50 bits per heavy atom. The summed E-state index contributed by atoms with van der Waals surface area (Å²) in [7, 11) is 0. The molecule has 126 valence electrons. The number of ether oxygens (including phenoxy) is 1. The quantitative estimate of drug-likeness (QED) is 0.787. The summed E-state index contributed by atoms with van der Waals surface area (Å²) in [6, 6.07) is 17.6. The molecule has 0 aliphatic rings. The van der Waals surface area contributed by atoms with Crippen LogP contribution in [0.15, 0.2) is 60.7 Å². The molecule has 2 aromatic carbocycles. The van der Waals surface area contributed by atoms with E-state index >= 15 is 0 Å². The third-order valence-corrected chi connectivity index (χ3v) is 3.79. The van der Waals surface area contributed by atoms with Crippen LogP contribution in [-0.4, -0.2) is 24.0 Å². The van der Waals surface area contributed by atoms with Gasteiger partial charge in [0.25, 0.3) is 5.91 Å². The van der Waals surface area contributed by atoms with E-state index in [0.717, 1.165) is 6.42 Å². The van der Waals surface area contributed by atoms with Crippen molar-refractivity contribution in [2.75, 3.05) is 0 Å². The Morgan fingerprint density at radius 3 is 2.04 bits per heavy atom. The first-order chi connectivity index (χ1) is 11.6. The molecule has 0 aliphatic carbocycles. The van der Waals surface area contributed by atoms with Crippen LogP contribution < -0.4 is 5.32 Å². The number of carbonyl (C=O) groups is 2. The predicted octanol–water partition coefficient (Wildman–Crippen LogP) is 3.83.